The van der Waals surface area contributed by atoms with Crippen molar-refractivity contribution in [3.8, 4) is 17.2 Å². The zero-order valence-corrected chi connectivity index (χ0v) is 15.3. The molecule has 7 heteroatoms. The third-order valence-corrected chi connectivity index (χ3v) is 5.10. The third-order valence-electron chi connectivity index (χ3n) is 4.17. The fourth-order valence-corrected chi connectivity index (χ4v) is 3.52. The molecule has 25 heavy (non-hydrogen) atoms. The third kappa shape index (κ3) is 4.75. The number of hydrogen-bond acceptors (Lipinski definition) is 6. The molecule has 1 atom stereocenters. The summed E-state index contributed by atoms with van der Waals surface area (Å²) >= 11 is 1.28. The van der Waals surface area contributed by atoms with Crippen molar-refractivity contribution in [2.24, 2.45) is 0 Å². The summed E-state index contributed by atoms with van der Waals surface area (Å²) < 4.78 is 11.1. The van der Waals surface area contributed by atoms with Crippen molar-refractivity contribution in [2.45, 2.75) is 56.0 Å². The molecule has 0 unspecified atom stereocenters. The Bertz CT molecular complexity index is 696. The molecule has 1 aromatic carbocycles. The van der Waals surface area contributed by atoms with Gasteiger partial charge in [-0.05, 0) is 51.0 Å². The number of ether oxygens (including phenoxy) is 1. The average molecular weight is 361 g/mol. The lowest BCUT2D eigenvalue weighted by Gasteiger charge is -2.14. The Balaban J connectivity index is 1.57. The van der Waals surface area contributed by atoms with Crippen LogP contribution in [-0.2, 0) is 4.79 Å². The minimum absolute atomic E-state index is 0.0257. The van der Waals surface area contributed by atoms with E-state index >= 15 is 0 Å². The van der Waals surface area contributed by atoms with E-state index in [0.717, 1.165) is 24.2 Å². The second kappa shape index (κ2) is 8.38. The average Bonchev–Trinajstić information content (AvgIpc) is 3.28. The molecule has 0 spiro atoms. The van der Waals surface area contributed by atoms with Crippen LogP contribution in [0.4, 0.5) is 0 Å². The number of nitrogens with one attached hydrogen (secondary N) is 1. The first-order chi connectivity index (χ1) is 12.2. The molecule has 1 aliphatic carbocycles. The largest absolute Gasteiger partial charge is 0.494 e. The van der Waals surface area contributed by atoms with Crippen LogP contribution in [0.25, 0.3) is 11.5 Å². The highest BCUT2D eigenvalue weighted by Crippen LogP contribution is 2.27. The Hall–Kier alpha value is -2.02. The molecule has 134 valence electrons. The van der Waals surface area contributed by atoms with Crippen LogP contribution >= 0.6 is 11.8 Å². The predicted octanol–water partition coefficient (Wildman–Crippen LogP) is 3.67. The van der Waals surface area contributed by atoms with Gasteiger partial charge in [0.1, 0.15) is 5.75 Å². The topological polar surface area (TPSA) is 77.2 Å². The lowest BCUT2D eigenvalue weighted by molar-refractivity contribution is -0.120. The quantitative estimate of drug-likeness (QED) is 0.758. The summed E-state index contributed by atoms with van der Waals surface area (Å²) in [4.78, 5) is 12.2. The number of thioether (sulfide) groups is 1. The zero-order valence-electron chi connectivity index (χ0n) is 14.5. The normalized spacial score (nSPS) is 15.9. The molecule has 0 aliphatic heterocycles. The fourth-order valence-electron chi connectivity index (χ4n) is 2.83. The second-order valence-electron chi connectivity index (χ2n) is 6.08. The van der Waals surface area contributed by atoms with Crippen molar-refractivity contribution in [2.75, 3.05) is 6.61 Å². The molecule has 2 aromatic rings. The smallest absolute Gasteiger partial charge is 0.277 e. The maximum atomic E-state index is 12.2. The lowest BCUT2D eigenvalue weighted by Crippen LogP contribution is -2.37. The highest BCUT2D eigenvalue weighted by Gasteiger charge is 2.23. The first-order valence-electron chi connectivity index (χ1n) is 8.69. The van der Waals surface area contributed by atoms with E-state index in [0.29, 0.717) is 23.8 Å². The van der Waals surface area contributed by atoms with Gasteiger partial charge in [-0.15, -0.1) is 10.2 Å². The van der Waals surface area contributed by atoms with E-state index in [9.17, 15) is 4.79 Å². The molecular weight excluding hydrogens is 338 g/mol. The molecule has 0 saturated heterocycles. The van der Waals surface area contributed by atoms with Crippen molar-refractivity contribution in [1.29, 1.82) is 0 Å². The Morgan fingerprint density at radius 1 is 1.32 bits per heavy atom. The van der Waals surface area contributed by atoms with E-state index in [1.165, 1.54) is 24.6 Å². The first-order valence-corrected chi connectivity index (χ1v) is 9.57. The highest BCUT2D eigenvalue weighted by atomic mass is 32.2. The highest BCUT2D eigenvalue weighted by molar-refractivity contribution is 8.00. The molecule has 1 saturated carbocycles. The van der Waals surface area contributed by atoms with E-state index in [2.05, 4.69) is 15.5 Å². The number of rotatable bonds is 7. The van der Waals surface area contributed by atoms with E-state index in [1.807, 2.05) is 38.1 Å². The second-order valence-corrected chi connectivity index (χ2v) is 7.37. The molecule has 1 N–H and O–H groups in total. The first kappa shape index (κ1) is 17.8. The number of carbonyl (C=O) groups excluding carboxylic acids is 1. The van der Waals surface area contributed by atoms with Gasteiger partial charge in [0.25, 0.3) is 5.22 Å². The summed E-state index contributed by atoms with van der Waals surface area (Å²) in [6.07, 6.45) is 4.54. The van der Waals surface area contributed by atoms with Gasteiger partial charge in [-0.3, -0.25) is 4.79 Å². The minimum atomic E-state index is -0.269. The Labute approximate surface area is 151 Å². The van der Waals surface area contributed by atoms with Crippen molar-refractivity contribution < 1.29 is 13.9 Å². The molecule has 0 bridgehead atoms. The van der Waals surface area contributed by atoms with Crippen LogP contribution in [0.2, 0.25) is 0 Å². The van der Waals surface area contributed by atoms with E-state index in [4.69, 9.17) is 9.15 Å². The van der Waals surface area contributed by atoms with E-state index in [-0.39, 0.29) is 11.2 Å². The molecule has 3 rings (SSSR count). The molecule has 6 nitrogen and oxygen atoms in total. The number of amides is 1. The van der Waals surface area contributed by atoms with Crippen molar-refractivity contribution >= 4 is 17.7 Å². The number of benzene rings is 1. The van der Waals surface area contributed by atoms with Gasteiger partial charge in [0.05, 0.1) is 11.9 Å². The monoisotopic (exact) mass is 361 g/mol. The fraction of sp³-hybridized carbons (Fsp3) is 0.500. The SMILES string of the molecule is CCOc1ccc(-c2nnc(S[C@@H](C)C(=O)NC3CCCC3)o2)cc1. The number of carbonyl (C=O) groups is 1. The van der Waals surface area contributed by atoms with Crippen LogP contribution in [0.5, 0.6) is 5.75 Å². The van der Waals surface area contributed by atoms with Crippen LogP contribution in [-0.4, -0.2) is 34.0 Å². The van der Waals surface area contributed by atoms with Crippen molar-refractivity contribution in [3.05, 3.63) is 24.3 Å². The molecular formula is C18H23N3O3S. The number of hydrogen-bond donors (Lipinski definition) is 1. The van der Waals surface area contributed by atoms with Gasteiger partial charge in [0.15, 0.2) is 0 Å². The summed E-state index contributed by atoms with van der Waals surface area (Å²) in [5, 5.41) is 11.3. The summed E-state index contributed by atoms with van der Waals surface area (Å²) in [5.41, 5.74) is 0.825. The van der Waals surface area contributed by atoms with Gasteiger partial charge >= 0.3 is 0 Å². The Kier molecular flexibility index (Phi) is 5.96. The van der Waals surface area contributed by atoms with Gasteiger partial charge in [0, 0.05) is 11.6 Å². The van der Waals surface area contributed by atoms with Crippen molar-refractivity contribution in [1.82, 2.24) is 15.5 Å². The van der Waals surface area contributed by atoms with Gasteiger partial charge in [-0.25, -0.2) is 0 Å². The van der Waals surface area contributed by atoms with Crippen LogP contribution < -0.4 is 10.1 Å². The zero-order chi connectivity index (χ0) is 17.6. The Morgan fingerprint density at radius 3 is 2.72 bits per heavy atom. The maximum absolute atomic E-state index is 12.2. The number of aromatic nitrogens is 2. The van der Waals surface area contributed by atoms with Crippen LogP contribution in [0.15, 0.2) is 33.9 Å². The maximum Gasteiger partial charge on any atom is 0.277 e. The predicted molar refractivity (Wildman–Crippen MR) is 96.6 cm³/mol. The van der Waals surface area contributed by atoms with Crippen molar-refractivity contribution in [3.63, 3.8) is 0 Å². The standard InChI is InChI=1S/C18H23N3O3S/c1-3-23-15-10-8-13(9-11-15)17-20-21-18(24-17)25-12(2)16(22)19-14-6-4-5-7-14/h8-12,14H,3-7H2,1-2H3,(H,19,22)/t12-/m0/s1. The molecule has 1 amide bonds. The van der Waals surface area contributed by atoms with Gasteiger partial charge in [0.2, 0.25) is 11.8 Å². The van der Waals surface area contributed by atoms with Crippen LogP contribution in [0.3, 0.4) is 0 Å². The minimum Gasteiger partial charge on any atom is -0.494 e. The molecule has 1 aromatic heterocycles. The Morgan fingerprint density at radius 2 is 2.04 bits per heavy atom. The summed E-state index contributed by atoms with van der Waals surface area (Å²) in [6, 6.07) is 7.81. The van der Waals surface area contributed by atoms with E-state index < -0.39 is 0 Å². The van der Waals surface area contributed by atoms with Gasteiger partial charge in [-0.1, -0.05) is 24.6 Å². The summed E-state index contributed by atoms with van der Waals surface area (Å²) in [6.45, 7) is 4.43. The van der Waals surface area contributed by atoms with E-state index in [1.54, 1.807) is 0 Å². The lowest BCUT2D eigenvalue weighted by atomic mass is 10.2. The van der Waals surface area contributed by atoms with Crippen LogP contribution in [0.1, 0.15) is 39.5 Å². The molecule has 1 fully saturated rings. The number of nitrogens with zero attached hydrogens (tertiary/aromatic N) is 2. The molecule has 1 heterocycles. The molecule has 1 aliphatic rings. The van der Waals surface area contributed by atoms with Crippen LogP contribution in [0, 0.1) is 0 Å². The van der Waals surface area contributed by atoms with Gasteiger partial charge in [-0.2, -0.15) is 0 Å². The summed E-state index contributed by atoms with van der Waals surface area (Å²) in [5.74, 6) is 1.27. The molecule has 0 radical (unpaired) electrons. The van der Waals surface area contributed by atoms with Gasteiger partial charge < -0.3 is 14.5 Å². The summed E-state index contributed by atoms with van der Waals surface area (Å²) in [7, 11) is 0.